The van der Waals surface area contributed by atoms with Gasteiger partial charge in [-0.15, -0.1) is 0 Å². The number of hydrogen-bond acceptors (Lipinski definition) is 5. The number of methoxy groups -OCH3 is 1. The maximum Gasteiger partial charge on any atom is 0.339 e. The number of amides is 2. The Kier molecular flexibility index (Phi) is 5.97. The molecule has 0 aliphatic carbocycles. The van der Waals surface area contributed by atoms with Crippen molar-refractivity contribution < 1.29 is 23.5 Å². The summed E-state index contributed by atoms with van der Waals surface area (Å²) in [5.74, 6) is -0.915. The van der Waals surface area contributed by atoms with Crippen molar-refractivity contribution in [1.82, 2.24) is 9.88 Å². The predicted octanol–water partition coefficient (Wildman–Crippen LogP) is 2.47. The number of carbonyl (C=O) groups excluding carboxylic acids is 2. The number of halogens is 1. The number of carbonyl (C=O) groups is 2. The lowest BCUT2D eigenvalue weighted by Gasteiger charge is -2.33. The number of nitrogens with zero attached hydrogens (tertiary/aromatic N) is 3. The van der Waals surface area contributed by atoms with Gasteiger partial charge in [0.05, 0.1) is 38.1 Å². The van der Waals surface area contributed by atoms with E-state index in [4.69, 9.17) is 4.74 Å². The van der Waals surface area contributed by atoms with Crippen molar-refractivity contribution in [2.24, 2.45) is 0 Å². The van der Waals surface area contributed by atoms with Gasteiger partial charge in [-0.1, -0.05) is 6.07 Å². The van der Waals surface area contributed by atoms with E-state index in [-0.39, 0.29) is 12.6 Å². The molecule has 0 radical (unpaired) electrons. The Hall–Kier alpha value is -3.00. The first-order chi connectivity index (χ1) is 13.1. The van der Waals surface area contributed by atoms with Gasteiger partial charge in [0.15, 0.2) is 0 Å². The van der Waals surface area contributed by atoms with Crippen molar-refractivity contribution in [3.05, 3.63) is 59.7 Å². The first kappa shape index (κ1) is 18.8. The summed E-state index contributed by atoms with van der Waals surface area (Å²) in [5, 5.41) is 0. The Morgan fingerprint density at radius 2 is 2.04 bits per heavy atom. The Bertz CT molecular complexity index is 807. The summed E-state index contributed by atoms with van der Waals surface area (Å²) in [5.41, 5.74) is 1.32. The van der Waals surface area contributed by atoms with E-state index < -0.39 is 11.8 Å². The molecule has 2 amide bonds. The van der Waals surface area contributed by atoms with Gasteiger partial charge in [-0.3, -0.25) is 9.88 Å². The van der Waals surface area contributed by atoms with Crippen LogP contribution >= 0.6 is 0 Å². The molecular weight excluding hydrogens is 353 g/mol. The molecule has 0 bridgehead atoms. The zero-order valence-corrected chi connectivity index (χ0v) is 14.9. The van der Waals surface area contributed by atoms with Gasteiger partial charge in [-0.25, -0.2) is 14.0 Å². The molecule has 1 aliphatic rings. The smallest absolute Gasteiger partial charge is 0.339 e. The van der Waals surface area contributed by atoms with Gasteiger partial charge in [0.25, 0.3) is 0 Å². The van der Waals surface area contributed by atoms with Crippen LogP contribution in [0.25, 0.3) is 0 Å². The van der Waals surface area contributed by atoms with Gasteiger partial charge in [0.1, 0.15) is 5.82 Å². The standard InChI is InChI=1S/C19H20FN3O4/c1-26-18(24)14-5-6-16(21-12-14)13-23(17-4-2-3-15(20)11-17)19(25)22-7-9-27-10-8-22/h2-6,11-12H,7-10,13H2,1H3. The highest BCUT2D eigenvalue weighted by Gasteiger charge is 2.25. The predicted molar refractivity (Wildman–Crippen MR) is 95.9 cm³/mol. The minimum Gasteiger partial charge on any atom is -0.465 e. The van der Waals surface area contributed by atoms with E-state index >= 15 is 0 Å². The maximum atomic E-state index is 13.7. The van der Waals surface area contributed by atoms with Crippen molar-refractivity contribution in [2.45, 2.75) is 6.54 Å². The lowest BCUT2D eigenvalue weighted by molar-refractivity contribution is 0.0548. The van der Waals surface area contributed by atoms with Crippen molar-refractivity contribution in [3.63, 3.8) is 0 Å². The number of hydrogen-bond donors (Lipinski definition) is 0. The number of ether oxygens (including phenoxy) is 2. The molecule has 0 unspecified atom stereocenters. The van der Waals surface area contributed by atoms with E-state index in [0.29, 0.717) is 43.2 Å². The third kappa shape index (κ3) is 4.59. The molecule has 1 aromatic heterocycles. The molecule has 0 atom stereocenters. The van der Waals surface area contributed by atoms with Crippen LogP contribution < -0.4 is 4.90 Å². The molecule has 1 saturated heterocycles. The monoisotopic (exact) mass is 373 g/mol. The molecule has 3 rings (SSSR count). The van der Waals surface area contributed by atoms with Crippen LogP contribution in [0.1, 0.15) is 16.1 Å². The van der Waals surface area contributed by atoms with E-state index in [1.54, 1.807) is 29.2 Å². The molecule has 8 heteroatoms. The molecule has 1 aliphatic heterocycles. The summed E-state index contributed by atoms with van der Waals surface area (Å²) < 4.78 is 23.7. The van der Waals surface area contributed by atoms with Crippen LogP contribution in [-0.2, 0) is 16.0 Å². The van der Waals surface area contributed by atoms with E-state index in [2.05, 4.69) is 9.72 Å². The SMILES string of the molecule is COC(=O)c1ccc(CN(C(=O)N2CCOCC2)c2cccc(F)c2)nc1. The lowest BCUT2D eigenvalue weighted by atomic mass is 10.2. The highest BCUT2D eigenvalue weighted by Crippen LogP contribution is 2.20. The average Bonchev–Trinajstić information content (AvgIpc) is 2.72. The van der Waals surface area contributed by atoms with Crippen molar-refractivity contribution in [2.75, 3.05) is 38.3 Å². The highest BCUT2D eigenvalue weighted by molar-refractivity contribution is 5.92. The third-order valence-corrected chi connectivity index (χ3v) is 4.20. The highest BCUT2D eigenvalue weighted by atomic mass is 19.1. The fraction of sp³-hybridized carbons (Fsp3) is 0.316. The van der Waals surface area contributed by atoms with Gasteiger partial charge >= 0.3 is 12.0 Å². The molecule has 7 nitrogen and oxygen atoms in total. The minimum absolute atomic E-state index is 0.140. The van der Waals surface area contributed by atoms with Crippen molar-refractivity contribution in [1.29, 1.82) is 0 Å². The Labute approximate surface area is 156 Å². The van der Waals surface area contributed by atoms with Crippen LogP contribution in [0.15, 0.2) is 42.6 Å². The van der Waals surface area contributed by atoms with Crippen LogP contribution in [0, 0.1) is 5.82 Å². The van der Waals surface area contributed by atoms with Gasteiger partial charge < -0.3 is 14.4 Å². The van der Waals surface area contributed by atoms with Gasteiger partial charge in [0, 0.05) is 25.0 Å². The quantitative estimate of drug-likeness (QED) is 0.770. The Balaban J connectivity index is 1.85. The normalized spacial score (nSPS) is 13.9. The number of aromatic nitrogens is 1. The molecular formula is C19H20FN3O4. The first-order valence-electron chi connectivity index (χ1n) is 8.51. The number of anilines is 1. The zero-order valence-electron chi connectivity index (χ0n) is 14.9. The number of rotatable bonds is 4. The number of esters is 1. The molecule has 1 fully saturated rings. The second kappa shape index (κ2) is 8.59. The van der Waals surface area contributed by atoms with Crippen molar-refractivity contribution in [3.8, 4) is 0 Å². The molecule has 2 heterocycles. The Morgan fingerprint density at radius 1 is 1.26 bits per heavy atom. The fourth-order valence-electron chi connectivity index (χ4n) is 2.76. The molecule has 0 saturated carbocycles. The number of urea groups is 1. The molecule has 142 valence electrons. The van der Waals surface area contributed by atoms with Crippen LogP contribution in [-0.4, -0.2) is 55.3 Å². The summed E-state index contributed by atoms with van der Waals surface area (Å²) in [7, 11) is 1.29. The summed E-state index contributed by atoms with van der Waals surface area (Å²) in [6.07, 6.45) is 1.39. The minimum atomic E-state index is -0.486. The molecule has 0 spiro atoms. The summed E-state index contributed by atoms with van der Waals surface area (Å²) in [6.45, 7) is 2.02. The summed E-state index contributed by atoms with van der Waals surface area (Å²) >= 11 is 0. The van der Waals surface area contributed by atoms with Gasteiger partial charge in [-0.05, 0) is 30.3 Å². The second-order valence-electron chi connectivity index (χ2n) is 5.98. The fourth-order valence-corrected chi connectivity index (χ4v) is 2.76. The van der Waals surface area contributed by atoms with E-state index in [1.165, 1.54) is 30.3 Å². The van der Waals surface area contributed by atoms with Gasteiger partial charge in [-0.2, -0.15) is 0 Å². The molecule has 1 aromatic carbocycles. The van der Waals surface area contributed by atoms with Crippen LogP contribution in [0.4, 0.5) is 14.9 Å². The van der Waals surface area contributed by atoms with Crippen LogP contribution in [0.3, 0.4) is 0 Å². The molecule has 27 heavy (non-hydrogen) atoms. The van der Waals surface area contributed by atoms with Crippen LogP contribution in [0.5, 0.6) is 0 Å². The lowest BCUT2D eigenvalue weighted by Crippen LogP contribution is -2.48. The number of benzene rings is 1. The Morgan fingerprint density at radius 3 is 2.67 bits per heavy atom. The summed E-state index contributed by atoms with van der Waals surface area (Å²) in [6, 6.07) is 8.83. The number of pyridine rings is 1. The van der Waals surface area contributed by atoms with E-state index in [0.717, 1.165) is 0 Å². The summed E-state index contributed by atoms with van der Waals surface area (Å²) in [4.78, 5) is 31.9. The van der Waals surface area contributed by atoms with Crippen LogP contribution in [0.2, 0.25) is 0 Å². The van der Waals surface area contributed by atoms with E-state index in [1.807, 2.05) is 0 Å². The number of morpholine rings is 1. The zero-order chi connectivity index (χ0) is 19.2. The van der Waals surface area contributed by atoms with E-state index in [9.17, 15) is 14.0 Å². The molecule has 0 N–H and O–H groups in total. The topological polar surface area (TPSA) is 72.0 Å². The average molecular weight is 373 g/mol. The molecule has 2 aromatic rings. The maximum absolute atomic E-state index is 13.7. The van der Waals surface area contributed by atoms with Crippen molar-refractivity contribution >= 4 is 17.7 Å². The second-order valence-corrected chi connectivity index (χ2v) is 5.98. The first-order valence-corrected chi connectivity index (χ1v) is 8.51. The van der Waals surface area contributed by atoms with Gasteiger partial charge in [0.2, 0.25) is 0 Å². The third-order valence-electron chi connectivity index (χ3n) is 4.20. The largest absolute Gasteiger partial charge is 0.465 e.